The molecular weight excluding hydrogens is 262 g/mol. The summed E-state index contributed by atoms with van der Waals surface area (Å²) in [6.07, 6.45) is 0.195. The number of nitrogen functional groups attached to an aromatic ring is 1. The Labute approximate surface area is 103 Å². The zero-order valence-electron chi connectivity index (χ0n) is 9.05. The zero-order chi connectivity index (χ0) is 12.5. The molecule has 1 aromatic rings. The minimum absolute atomic E-state index is 0.117. The normalized spacial score (nSPS) is 18.7. The average Bonchev–Trinajstić information content (AvgIpc) is 2.58. The summed E-state index contributed by atoms with van der Waals surface area (Å²) in [6.45, 7) is 0.858. The number of carbonyl (C=O) groups excluding carboxylic acids is 1. The van der Waals surface area contributed by atoms with Crippen LogP contribution in [0.15, 0.2) is 15.7 Å². The number of hydrogen-bond donors (Lipinski definition) is 2. The molecule has 94 valence electrons. The molecule has 2 heterocycles. The SMILES string of the molecule is Nc1csc(S(=O)(=O)N2CCNC(=O)CC2)c1. The van der Waals surface area contributed by atoms with E-state index >= 15 is 0 Å². The van der Waals surface area contributed by atoms with E-state index in [2.05, 4.69) is 5.32 Å². The first kappa shape index (κ1) is 12.3. The van der Waals surface area contributed by atoms with Crippen LogP contribution in [0.5, 0.6) is 0 Å². The number of amides is 1. The van der Waals surface area contributed by atoms with Gasteiger partial charge in [0.05, 0.1) is 0 Å². The van der Waals surface area contributed by atoms with Crippen LogP contribution in [0.3, 0.4) is 0 Å². The minimum Gasteiger partial charge on any atom is -0.398 e. The standard InChI is InChI=1S/C9H13N3O3S2/c10-7-5-9(16-6-7)17(14,15)12-3-1-8(13)11-2-4-12/h5-6H,1-4,10H2,(H,11,13). The van der Waals surface area contributed by atoms with Crippen molar-refractivity contribution in [2.75, 3.05) is 25.4 Å². The predicted octanol–water partition coefficient (Wildman–Crippen LogP) is -0.159. The van der Waals surface area contributed by atoms with Crippen molar-refractivity contribution in [1.29, 1.82) is 0 Å². The molecule has 0 aromatic carbocycles. The molecule has 1 aliphatic rings. The summed E-state index contributed by atoms with van der Waals surface area (Å²) in [5.41, 5.74) is 5.96. The van der Waals surface area contributed by atoms with Crippen LogP contribution in [0.1, 0.15) is 6.42 Å². The van der Waals surface area contributed by atoms with Gasteiger partial charge in [-0.1, -0.05) is 0 Å². The molecule has 0 aliphatic carbocycles. The molecule has 1 amide bonds. The van der Waals surface area contributed by atoms with Gasteiger partial charge in [-0.05, 0) is 6.07 Å². The van der Waals surface area contributed by atoms with Gasteiger partial charge in [0.15, 0.2) is 0 Å². The van der Waals surface area contributed by atoms with Crippen LogP contribution in [0.25, 0.3) is 0 Å². The summed E-state index contributed by atoms with van der Waals surface area (Å²) in [7, 11) is -3.51. The van der Waals surface area contributed by atoms with Crippen LogP contribution in [0.2, 0.25) is 0 Å². The number of nitrogens with two attached hydrogens (primary N) is 1. The highest BCUT2D eigenvalue weighted by Gasteiger charge is 2.27. The lowest BCUT2D eigenvalue weighted by Crippen LogP contribution is -2.33. The molecular formula is C9H13N3O3S2. The first-order chi connectivity index (χ1) is 8.00. The molecule has 1 aromatic heterocycles. The molecule has 3 N–H and O–H groups in total. The average molecular weight is 275 g/mol. The number of anilines is 1. The van der Waals surface area contributed by atoms with E-state index in [1.54, 1.807) is 5.38 Å². The van der Waals surface area contributed by atoms with Gasteiger partial charge >= 0.3 is 0 Å². The summed E-state index contributed by atoms with van der Waals surface area (Å²) in [4.78, 5) is 11.1. The zero-order valence-corrected chi connectivity index (χ0v) is 10.7. The minimum atomic E-state index is -3.51. The summed E-state index contributed by atoms with van der Waals surface area (Å²) >= 11 is 1.10. The second-order valence-electron chi connectivity index (χ2n) is 3.70. The highest BCUT2D eigenvalue weighted by Crippen LogP contribution is 2.25. The van der Waals surface area contributed by atoms with Gasteiger partial charge < -0.3 is 11.1 Å². The Balaban J connectivity index is 2.23. The fourth-order valence-corrected chi connectivity index (χ4v) is 4.25. The second-order valence-corrected chi connectivity index (χ2v) is 6.78. The van der Waals surface area contributed by atoms with Crippen molar-refractivity contribution in [3.05, 3.63) is 11.4 Å². The molecule has 6 nitrogen and oxygen atoms in total. The van der Waals surface area contributed by atoms with Gasteiger partial charge in [0.25, 0.3) is 10.0 Å². The van der Waals surface area contributed by atoms with Crippen LogP contribution in [0.4, 0.5) is 5.69 Å². The summed E-state index contributed by atoms with van der Waals surface area (Å²) in [5, 5.41) is 4.23. The van der Waals surface area contributed by atoms with Crippen LogP contribution in [-0.2, 0) is 14.8 Å². The van der Waals surface area contributed by atoms with Crippen molar-refractivity contribution in [2.24, 2.45) is 0 Å². The monoisotopic (exact) mass is 275 g/mol. The molecule has 8 heteroatoms. The molecule has 17 heavy (non-hydrogen) atoms. The molecule has 1 fully saturated rings. The fourth-order valence-electron chi connectivity index (χ4n) is 1.58. The Morgan fingerprint density at radius 1 is 1.41 bits per heavy atom. The quantitative estimate of drug-likeness (QED) is 0.784. The van der Waals surface area contributed by atoms with E-state index < -0.39 is 10.0 Å². The number of hydrogen-bond acceptors (Lipinski definition) is 5. The van der Waals surface area contributed by atoms with E-state index in [1.807, 2.05) is 0 Å². The largest absolute Gasteiger partial charge is 0.398 e. The Hall–Kier alpha value is -1.12. The molecule has 0 bridgehead atoms. The summed E-state index contributed by atoms with van der Waals surface area (Å²) in [6, 6.07) is 1.44. The van der Waals surface area contributed by atoms with Crippen molar-refractivity contribution in [3.8, 4) is 0 Å². The number of nitrogens with zero attached hydrogens (tertiary/aromatic N) is 1. The van der Waals surface area contributed by atoms with Crippen LogP contribution < -0.4 is 11.1 Å². The highest BCUT2D eigenvalue weighted by molar-refractivity contribution is 7.91. The molecule has 1 saturated heterocycles. The van der Waals surface area contributed by atoms with Gasteiger partial charge in [0, 0.05) is 37.1 Å². The van der Waals surface area contributed by atoms with Gasteiger partial charge in [-0.2, -0.15) is 4.31 Å². The van der Waals surface area contributed by atoms with E-state index in [9.17, 15) is 13.2 Å². The van der Waals surface area contributed by atoms with Gasteiger partial charge in [-0.3, -0.25) is 4.79 Å². The van der Waals surface area contributed by atoms with E-state index in [4.69, 9.17) is 5.73 Å². The van der Waals surface area contributed by atoms with E-state index in [0.717, 1.165) is 11.3 Å². The Bertz CT molecular complexity index is 523. The van der Waals surface area contributed by atoms with Crippen molar-refractivity contribution >= 4 is 33.0 Å². The van der Waals surface area contributed by atoms with Gasteiger partial charge in [0.1, 0.15) is 4.21 Å². The van der Waals surface area contributed by atoms with Crippen LogP contribution >= 0.6 is 11.3 Å². The van der Waals surface area contributed by atoms with Crippen molar-refractivity contribution in [3.63, 3.8) is 0 Å². The predicted molar refractivity (Wildman–Crippen MR) is 65.1 cm³/mol. The van der Waals surface area contributed by atoms with Crippen LogP contribution in [0, 0.1) is 0 Å². The maximum Gasteiger partial charge on any atom is 0.252 e. The number of sulfonamides is 1. The second kappa shape index (κ2) is 4.63. The third kappa shape index (κ3) is 2.59. The lowest BCUT2D eigenvalue weighted by Gasteiger charge is -2.17. The third-order valence-electron chi connectivity index (χ3n) is 2.46. The van der Waals surface area contributed by atoms with Crippen molar-refractivity contribution in [1.82, 2.24) is 9.62 Å². The number of nitrogens with one attached hydrogen (secondary N) is 1. The first-order valence-electron chi connectivity index (χ1n) is 5.11. The summed E-state index contributed by atoms with van der Waals surface area (Å²) in [5.74, 6) is -0.117. The van der Waals surface area contributed by atoms with Crippen LogP contribution in [-0.4, -0.2) is 38.3 Å². The third-order valence-corrected chi connectivity index (χ3v) is 5.79. The maximum atomic E-state index is 12.2. The maximum absolute atomic E-state index is 12.2. The lowest BCUT2D eigenvalue weighted by atomic mass is 10.4. The first-order valence-corrected chi connectivity index (χ1v) is 7.43. The molecule has 0 spiro atoms. The highest BCUT2D eigenvalue weighted by atomic mass is 32.2. The fraction of sp³-hybridized carbons (Fsp3) is 0.444. The number of rotatable bonds is 2. The lowest BCUT2D eigenvalue weighted by molar-refractivity contribution is -0.120. The molecule has 0 radical (unpaired) electrons. The summed E-state index contributed by atoms with van der Waals surface area (Å²) < 4.78 is 25.9. The van der Waals surface area contributed by atoms with E-state index in [0.29, 0.717) is 18.8 Å². The van der Waals surface area contributed by atoms with Gasteiger partial charge in [-0.25, -0.2) is 8.42 Å². The number of thiophene rings is 1. The number of carbonyl (C=O) groups is 1. The molecule has 0 atom stereocenters. The Morgan fingerprint density at radius 3 is 2.82 bits per heavy atom. The van der Waals surface area contributed by atoms with E-state index in [-0.39, 0.29) is 23.1 Å². The van der Waals surface area contributed by atoms with Crippen molar-refractivity contribution < 1.29 is 13.2 Å². The van der Waals surface area contributed by atoms with Crippen molar-refractivity contribution in [2.45, 2.75) is 10.6 Å². The molecule has 2 rings (SSSR count). The smallest absolute Gasteiger partial charge is 0.252 e. The Morgan fingerprint density at radius 2 is 2.18 bits per heavy atom. The Kier molecular flexibility index (Phi) is 3.36. The topological polar surface area (TPSA) is 92.5 Å². The van der Waals surface area contributed by atoms with Gasteiger partial charge in [-0.15, -0.1) is 11.3 Å². The molecule has 1 aliphatic heterocycles. The van der Waals surface area contributed by atoms with E-state index in [1.165, 1.54) is 10.4 Å². The molecule has 0 saturated carbocycles. The van der Waals surface area contributed by atoms with Gasteiger partial charge in [0.2, 0.25) is 5.91 Å². The molecule has 0 unspecified atom stereocenters.